The van der Waals surface area contributed by atoms with Crippen LogP contribution in [0.15, 0.2) is 18.2 Å². The highest BCUT2D eigenvalue weighted by Crippen LogP contribution is 2.36. The summed E-state index contributed by atoms with van der Waals surface area (Å²) in [4.78, 5) is 26.0. The molecule has 2 N–H and O–H groups in total. The first-order valence-corrected chi connectivity index (χ1v) is 8.02. The molecule has 0 aliphatic carbocycles. The van der Waals surface area contributed by atoms with Crippen LogP contribution in [0.5, 0.6) is 0 Å². The van der Waals surface area contributed by atoms with Gasteiger partial charge in [0.1, 0.15) is 0 Å². The molecule has 124 valence electrons. The summed E-state index contributed by atoms with van der Waals surface area (Å²) in [6.45, 7) is 0. The average molecular weight is 339 g/mol. The number of urea groups is 1. The van der Waals surface area contributed by atoms with E-state index in [-0.39, 0.29) is 29.8 Å². The summed E-state index contributed by atoms with van der Waals surface area (Å²) in [5, 5.41) is 13.0. The number of hydrogen-bond donors (Lipinski definition) is 2. The van der Waals surface area contributed by atoms with Crippen molar-refractivity contribution in [3.63, 3.8) is 0 Å². The molecule has 0 spiro atoms. The SMILES string of the molecule is COC(=O)c1cc(Cl)cc(NC(=O)N2[C@H]3CC[C@H]2CC(O)C3)c1. The molecule has 0 unspecified atom stereocenters. The van der Waals surface area contributed by atoms with Crippen LogP contribution >= 0.6 is 11.6 Å². The summed E-state index contributed by atoms with van der Waals surface area (Å²) in [5.41, 5.74) is 0.737. The first-order valence-electron chi connectivity index (χ1n) is 7.64. The van der Waals surface area contributed by atoms with Gasteiger partial charge in [-0.05, 0) is 43.9 Å². The number of amides is 2. The largest absolute Gasteiger partial charge is 0.465 e. The van der Waals surface area contributed by atoms with Crippen LogP contribution in [0.1, 0.15) is 36.0 Å². The highest BCUT2D eigenvalue weighted by molar-refractivity contribution is 6.31. The van der Waals surface area contributed by atoms with Crippen LogP contribution in [0.3, 0.4) is 0 Å². The molecule has 0 radical (unpaired) electrons. The van der Waals surface area contributed by atoms with E-state index in [2.05, 4.69) is 10.1 Å². The van der Waals surface area contributed by atoms with Crippen LogP contribution in [0.4, 0.5) is 10.5 Å². The van der Waals surface area contributed by atoms with Gasteiger partial charge in [-0.15, -0.1) is 0 Å². The number of hydrogen-bond acceptors (Lipinski definition) is 4. The van der Waals surface area contributed by atoms with E-state index in [1.807, 2.05) is 4.90 Å². The van der Waals surface area contributed by atoms with Crippen molar-refractivity contribution in [3.8, 4) is 0 Å². The third kappa shape index (κ3) is 3.28. The standard InChI is InChI=1S/C16H19ClN2O4/c1-23-15(21)9-4-10(17)6-11(5-9)18-16(22)19-12-2-3-13(19)8-14(20)7-12/h4-6,12-14,20H,2-3,7-8H2,1H3,(H,18,22)/t12-,13-/m0/s1. The first-order chi connectivity index (χ1) is 11.0. The maximum absolute atomic E-state index is 12.6. The number of esters is 1. The number of rotatable bonds is 2. The predicted molar refractivity (Wildman–Crippen MR) is 85.7 cm³/mol. The van der Waals surface area contributed by atoms with Crippen molar-refractivity contribution >= 4 is 29.3 Å². The molecular formula is C16H19ClN2O4. The lowest BCUT2D eigenvalue weighted by Crippen LogP contribution is -2.49. The summed E-state index contributed by atoms with van der Waals surface area (Å²) in [5.74, 6) is -0.510. The molecule has 2 saturated heterocycles. The Hall–Kier alpha value is -1.79. The average Bonchev–Trinajstić information content (AvgIpc) is 2.78. The van der Waals surface area contributed by atoms with E-state index in [4.69, 9.17) is 11.6 Å². The molecule has 6 nitrogen and oxygen atoms in total. The molecular weight excluding hydrogens is 320 g/mol. The fraction of sp³-hybridized carbons (Fsp3) is 0.500. The van der Waals surface area contributed by atoms with Crippen molar-refractivity contribution in [1.29, 1.82) is 0 Å². The molecule has 23 heavy (non-hydrogen) atoms. The van der Waals surface area contributed by atoms with E-state index in [9.17, 15) is 14.7 Å². The minimum Gasteiger partial charge on any atom is -0.465 e. The van der Waals surface area contributed by atoms with Crippen LogP contribution in [-0.2, 0) is 4.74 Å². The van der Waals surface area contributed by atoms with Crippen LogP contribution < -0.4 is 5.32 Å². The lowest BCUT2D eigenvalue weighted by atomic mass is 10.0. The van der Waals surface area contributed by atoms with Gasteiger partial charge in [-0.2, -0.15) is 0 Å². The van der Waals surface area contributed by atoms with Gasteiger partial charge < -0.3 is 20.1 Å². The third-order valence-corrected chi connectivity index (χ3v) is 4.73. The molecule has 0 aromatic heterocycles. The van der Waals surface area contributed by atoms with E-state index in [1.54, 1.807) is 6.07 Å². The van der Waals surface area contributed by atoms with Gasteiger partial charge in [0.2, 0.25) is 0 Å². The van der Waals surface area contributed by atoms with Crippen molar-refractivity contribution in [2.45, 2.75) is 43.9 Å². The second-order valence-corrected chi connectivity index (χ2v) is 6.50. The van der Waals surface area contributed by atoms with Crippen molar-refractivity contribution in [2.75, 3.05) is 12.4 Å². The van der Waals surface area contributed by atoms with E-state index in [0.29, 0.717) is 23.6 Å². The van der Waals surface area contributed by atoms with Crippen LogP contribution in [0.2, 0.25) is 5.02 Å². The number of ether oxygens (including phenoxy) is 1. The van der Waals surface area contributed by atoms with Crippen molar-refractivity contribution in [1.82, 2.24) is 4.90 Å². The predicted octanol–water partition coefficient (Wildman–Crippen LogP) is 2.65. The molecule has 1 aromatic carbocycles. The maximum atomic E-state index is 12.6. The Morgan fingerprint density at radius 3 is 2.52 bits per heavy atom. The van der Waals surface area contributed by atoms with Gasteiger partial charge in [0.15, 0.2) is 0 Å². The number of aliphatic hydroxyl groups is 1. The number of nitrogens with zero attached hydrogens (tertiary/aromatic N) is 1. The molecule has 2 amide bonds. The van der Waals surface area contributed by atoms with E-state index < -0.39 is 5.97 Å². The fourth-order valence-electron chi connectivity index (χ4n) is 3.57. The monoisotopic (exact) mass is 338 g/mol. The minimum absolute atomic E-state index is 0.0722. The Morgan fingerprint density at radius 2 is 1.91 bits per heavy atom. The number of benzene rings is 1. The van der Waals surface area contributed by atoms with Crippen molar-refractivity contribution in [2.24, 2.45) is 0 Å². The number of aliphatic hydroxyl groups excluding tert-OH is 1. The molecule has 2 aliphatic rings. The number of nitrogens with one attached hydrogen (secondary N) is 1. The maximum Gasteiger partial charge on any atom is 0.337 e. The van der Waals surface area contributed by atoms with E-state index >= 15 is 0 Å². The highest BCUT2D eigenvalue weighted by atomic mass is 35.5. The summed E-state index contributed by atoms with van der Waals surface area (Å²) in [6.07, 6.45) is 2.74. The van der Waals surface area contributed by atoms with Crippen molar-refractivity contribution < 1.29 is 19.4 Å². The molecule has 2 fully saturated rings. The molecule has 2 bridgehead atoms. The molecule has 1 aromatic rings. The molecule has 2 atom stereocenters. The summed E-state index contributed by atoms with van der Waals surface area (Å²) in [7, 11) is 1.29. The quantitative estimate of drug-likeness (QED) is 0.812. The number of methoxy groups -OCH3 is 1. The van der Waals surface area contributed by atoms with E-state index in [0.717, 1.165) is 12.8 Å². The highest BCUT2D eigenvalue weighted by Gasteiger charge is 2.42. The van der Waals surface area contributed by atoms with E-state index in [1.165, 1.54) is 19.2 Å². The van der Waals surface area contributed by atoms with Gasteiger partial charge >= 0.3 is 12.0 Å². The minimum atomic E-state index is -0.510. The van der Waals surface area contributed by atoms with Crippen LogP contribution in [-0.4, -0.2) is 47.3 Å². The smallest absolute Gasteiger partial charge is 0.337 e. The van der Waals surface area contributed by atoms with Gasteiger partial charge in [0, 0.05) is 22.8 Å². The summed E-state index contributed by atoms with van der Waals surface area (Å²) in [6, 6.07) is 4.54. The summed E-state index contributed by atoms with van der Waals surface area (Å²) >= 11 is 6.00. The summed E-state index contributed by atoms with van der Waals surface area (Å²) < 4.78 is 4.67. The molecule has 7 heteroatoms. The van der Waals surface area contributed by atoms with Crippen LogP contribution in [0, 0.1) is 0 Å². The zero-order valence-electron chi connectivity index (χ0n) is 12.8. The lowest BCUT2D eigenvalue weighted by Gasteiger charge is -2.37. The van der Waals surface area contributed by atoms with Gasteiger partial charge in [-0.1, -0.05) is 11.6 Å². The lowest BCUT2D eigenvalue weighted by molar-refractivity contribution is 0.0576. The second-order valence-electron chi connectivity index (χ2n) is 6.07. The Morgan fingerprint density at radius 1 is 1.26 bits per heavy atom. The van der Waals surface area contributed by atoms with Gasteiger partial charge in [0.25, 0.3) is 0 Å². The fourth-order valence-corrected chi connectivity index (χ4v) is 3.80. The number of carbonyl (C=O) groups is 2. The Bertz CT molecular complexity index is 623. The number of piperidine rings is 1. The van der Waals surface area contributed by atoms with Gasteiger partial charge in [0.05, 0.1) is 18.8 Å². The number of anilines is 1. The second kappa shape index (κ2) is 6.37. The Balaban J connectivity index is 1.76. The van der Waals surface area contributed by atoms with Gasteiger partial charge in [-0.25, -0.2) is 9.59 Å². The molecule has 2 aliphatic heterocycles. The number of carbonyl (C=O) groups excluding carboxylic acids is 2. The molecule has 2 heterocycles. The normalized spacial score (nSPS) is 26.0. The first kappa shape index (κ1) is 16.1. The Labute approximate surface area is 139 Å². The topological polar surface area (TPSA) is 78.9 Å². The molecule has 0 saturated carbocycles. The number of fused-ring (bicyclic) bond motifs is 2. The third-order valence-electron chi connectivity index (χ3n) is 4.51. The Kier molecular flexibility index (Phi) is 4.46. The zero-order chi connectivity index (χ0) is 16.6. The van der Waals surface area contributed by atoms with Crippen molar-refractivity contribution in [3.05, 3.63) is 28.8 Å². The van der Waals surface area contributed by atoms with Crippen LogP contribution in [0.25, 0.3) is 0 Å². The molecule has 3 rings (SSSR count). The number of halogens is 1. The van der Waals surface area contributed by atoms with Gasteiger partial charge in [-0.3, -0.25) is 0 Å². The zero-order valence-corrected chi connectivity index (χ0v) is 13.5.